The van der Waals surface area contributed by atoms with E-state index in [1.807, 2.05) is 18.7 Å². The lowest BCUT2D eigenvalue weighted by Crippen LogP contribution is -2.29. The van der Waals surface area contributed by atoms with Crippen LogP contribution in [0.4, 0.5) is 5.69 Å². The van der Waals surface area contributed by atoms with E-state index in [1.54, 1.807) is 12.1 Å². The topological polar surface area (TPSA) is 46.4 Å². The standard InChI is InChI=1S/C11H14N2O2S/c1-3-12(4-2)11(16)9-5-7-10(8-6-9)13(14)15/h5-8H,3-4H2,1-2H3. The Balaban J connectivity index is 2.89. The van der Waals surface area contributed by atoms with Crippen molar-refractivity contribution in [2.75, 3.05) is 13.1 Å². The van der Waals surface area contributed by atoms with E-state index in [1.165, 1.54) is 12.1 Å². The summed E-state index contributed by atoms with van der Waals surface area (Å²) in [6, 6.07) is 6.34. The van der Waals surface area contributed by atoms with Gasteiger partial charge in [-0.05, 0) is 26.0 Å². The lowest BCUT2D eigenvalue weighted by molar-refractivity contribution is -0.384. The fourth-order valence-corrected chi connectivity index (χ4v) is 1.81. The molecule has 0 radical (unpaired) electrons. The van der Waals surface area contributed by atoms with Crippen LogP contribution in [0.25, 0.3) is 0 Å². The maximum absolute atomic E-state index is 10.5. The van der Waals surface area contributed by atoms with Crippen LogP contribution in [-0.2, 0) is 0 Å². The molecule has 0 aromatic heterocycles. The highest BCUT2D eigenvalue weighted by Crippen LogP contribution is 2.14. The van der Waals surface area contributed by atoms with Gasteiger partial charge in [0, 0.05) is 30.8 Å². The molecule has 1 aromatic rings. The summed E-state index contributed by atoms with van der Waals surface area (Å²) in [6.07, 6.45) is 0. The second-order valence-corrected chi connectivity index (χ2v) is 3.67. The minimum Gasteiger partial charge on any atom is -0.363 e. The molecular weight excluding hydrogens is 224 g/mol. The molecule has 4 nitrogen and oxygen atoms in total. The van der Waals surface area contributed by atoms with Crippen molar-refractivity contribution in [3.8, 4) is 0 Å². The van der Waals surface area contributed by atoms with Crippen molar-refractivity contribution >= 4 is 22.9 Å². The van der Waals surface area contributed by atoms with Gasteiger partial charge in [0.1, 0.15) is 4.99 Å². The molecule has 0 unspecified atom stereocenters. The molecule has 0 bridgehead atoms. The Kier molecular flexibility index (Phi) is 4.37. The highest BCUT2D eigenvalue weighted by atomic mass is 32.1. The van der Waals surface area contributed by atoms with Gasteiger partial charge in [0.05, 0.1) is 4.92 Å². The molecule has 16 heavy (non-hydrogen) atoms. The van der Waals surface area contributed by atoms with E-state index in [0.29, 0.717) is 0 Å². The number of nitro benzene ring substituents is 1. The summed E-state index contributed by atoms with van der Waals surface area (Å²) in [7, 11) is 0. The number of nitro groups is 1. The molecule has 86 valence electrons. The molecule has 0 saturated carbocycles. The summed E-state index contributed by atoms with van der Waals surface area (Å²) < 4.78 is 0. The minimum absolute atomic E-state index is 0.0890. The molecule has 0 saturated heterocycles. The molecule has 0 aliphatic carbocycles. The first-order valence-corrected chi connectivity index (χ1v) is 5.54. The molecule has 0 heterocycles. The van der Waals surface area contributed by atoms with Crippen LogP contribution in [-0.4, -0.2) is 27.9 Å². The van der Waals surface area contributed by atoms with E-state index in [2.05, 4.69) is 0 Å². The Labute approximate surface area is 100 Å². The van der Waals surface area contributed by atoms with Crippen molar-refractivity contribution in [1.82, 2.24) is 4.90 Å². The third kappa shape index (κ3) is 2.76. The quantitative estimate of drug-likeness (QED) is 0.459. The average molecular weight is 238 g/mol. The lowest BCUT2D eigenvalue weighted by Gasteiger charge is -2.21. The van der Waals surface area contributed by atoms with Crippen LogP contribution in [0, 0.1) is 10.1 Å². The molecular formula is C11H14N2O2S. The van der Waals surface area contributed by atoms with Crippen LogP contribution in [0.2, 0.25) is 0 Å². The Morgan fingerprint density at radius 2 is 1.81 bits per heavy atom. The van der Waals surface area contributed by atoms with Gasteiger partial charge < -0.3 is 4.90 Å². The van der Waals surface area contributed by atoms with Crippen LogP contribution < -0.4 is 0 Å². The summed E-state index contributed by atoms with van der Waals surface area (Å²) in [5.74, 6) is 0. The number of thiocarbonyl (C=S) groups is 1. The van der Waals surface area contributed by atoms with Crippen molar-refractivity contribution in [3.05, 3.63) is 39.9 Å². The fourth-order valence-electron chi connectivity index (χ4n) is 1.42. The van der Waals surface area contributed by atoms with Gasteiger partial charge >= 0.3 is 0 Å². The number of nitrogens with zero attached hydrogens (tertiary/aromatic N) is 2. The molecule has 0 aliphatic rings. The van der Waals surface area contributed by atoms with Crippen LogP contribution in [0.15, 0.2) is 24.3 Å². The molecule has 0 N–H and O–H groups in total. The Morgan fingerprint density at radius 1 is 1.31 bits per heavy atom. The zero-order valence-electron chi connectivity index (χ0n) is 9.34. The van der Waals surface area contributed by atoms with Gasteiger partial charge in [0.15, 0.2) is 0 Å². The average Bonchev–Trinajstić information content (AvgIpc) is 2.30. The van der Waals surface area contributed by atoms with Gasteiger partial charge in [-0.1, -0.05) is 12.2 Å². The normalized spacial score (nSPS) is 9.88. The van der Waals surface area contributed by atoms with Crippen LogP contribution in [0.1, 0.15) is 19.4 Å². The zero-order chi connectivity index (χ0) is 12.1. The monoisotopic (exact) mass is 238 g/mol. The largest absolute Gasteiger partial charge is 0.363 e. The van der Waals surface area contributed by atoms with E-state index >= 15 is 0 Å². The number of rotatable bonds is 4. The predicted octanol–water partition coefficient (Wildman–Crippen LogP) is 2.61. The third-order valence-electron chi connectivity index (χ3n) is 2.38. The number of hydrogen-bond acceptors (Lipinski definition) is 3. The minimum atomic E-state index is -0.412. The van der Waals surface area contributed by atoms with Crippen molar-refractivity contribution in [2.45, 2.75) is 13.8 Å². The van der Waals surface area contributed by atoms with Gasteiger partial charge in [0.25, 0.3) is 5.69 Å². The zero-order valence-corrected chi connectivity index (χ0v) is 10.2. The first kappa shape index (κ1) is 12.6. The van der Waals surface area contributed by atoms with Crippen LogP contribution >= 0.6 is 12.2 Å². The molecule has 0 spiro atoms. The Morgan fingerprint density at radius 3 is 2.19 bits per heavy atom. The number of hydrogen-bond donors (Lipinski definition) is 0. The Bertz CT molecular complexity index is 385. The maximum atomic E-state index is 10.5. The SMILES string of the molecule is CCN(CC)C(=S)c1ccc([N+](=O)[O-])cc1. The van der Waals surface area contributed by atoms with E-state index in [9.17, 15) is 10.1 Å². The second kappa shape index (κ2) is 5.55. The maximum Gasteiger partial charge on any atom is 0.269 e. The van der Waals surface area contributed by atoms with E-state index in [0.717, 1.165) is 23.6 Å². The fraction of sp³-hybridized carbons (Fsp3) is 0.364. The van der Waals surface area contributed by atoms with Gasteiger partial charge in [-0.2, -0.15) is 0 Å². The summed E-state index contributed by atoms with van der Waals surface area (Å²) in [6.45, 7) is 5.74. The smallest absolute Gasteiger partial charge is 0.269 e. The number of benzene rings is 1. The molecule has 0 atom stereocenters. The Hall–Kier alpha value is -1.49. The molecule has 0 amide bonds. The molecule has 1 rings (SSSR count). The summed E-state index contributed by atoms with van der Waals surface area (Å²) >= 11 is 5.31. The lowest BCUT2D eigenvalue weighted by atomic mass is 10.2. The first-order chi connectivity index (χ1) is 7.60. The molecule has 0 aliphatic heterocycles. The molecule has 1 aromatic carbocycles. The summed E-state index contributed by atoms with van der Waals surface area (Å²) in [5.41, 5.74) is 0.940. The van der Waals surface area contributed by atoms with Crippen LogP contribution in [0.5, 0.6) is 0 Å². The van der Waals surface area contributed by atoms with Crippen molar-refractivity contribution < 1.29 is 4.92 Å². The number of non-ortho nitro benzene ring substituents is 1. The van der Waals surface area contributed by atoms with E-state index in [4.69, 9.17) is 12.2 Å². The predicted molar refractivity (Wildman–Crippen MR) is 67.7 cm³/mol. The summed E-state index contributed by atoms with van der Waals surface area (Å²) in [4.78, 5) is 12.9. The summed E-state index contributed by atoms with van der Waals surface area (Å²) in [5, 5.41) is 10.5. The van der Waals surface area contributed by atoms with Crippen molar-refractivity contribution in [2.24, 2.45) is 0 Å². The second-order valence-electron chi connectivity index (χ2n) is 3.28. The third-order valence-corrected chi connectivity index (χ3v) is 2.87. The van der Waals surface area contributed by atoms with Gasteiger partial charge in [-0.25, -0.2) is 0 Å². The first-order valence-electron chi connectivity index (χ1n) is 5.13. The van der Waals surface area contributed by atoms with Crippen LogP contribution in [0.3, 0.4) is 0 Å². The van der Waals surface area contributed by atoms with E-state index < -0.39 is 4.92 Å². The highest BCUT2D eigenvalue weighted by molar-refractivity contribution is 7.80. The molecule has 0 fully saturated rings. The van der Waals surface area contributed by atoms with Crippen molar-refractivity contribution in [1.29, 1.82) is 0 Å². The highest BCUT2D eigenvalue weighted by Gasteiger charge is 2.10. The van der Waals surface area contributed by atoms with Gasteiger partial charge in [-0.3, -0.25) is 10.1 Å². The van der Waals surface area contributed by atoms with Gasteiger partial charge in [-0.15, -0.1) is 0 Å². The molecule has 5 heteroatoms. The van der Waals surface area contributed by atoms with Crippen molar-refractivity contribution in [3.63, 3.8) is 0 Å². The van der Waals surface area contributed by atoms with E-state index in [-0.39, 0.29) is 5.69 Å². The van der Waals surface area contributed by atoms with Gasteiger partial charge in [0.2, 0.25) is 0 Å².